The van der Waals surface area contributed by atoms with E-state index in [1.165, 1.54) is 9.21 Å². The molecule has 29 heavy (non-hydrogen) atoms. The molecule has 1 fully saturated rings. The molecule has 2 aromatic rings. The van der Waals surface area contributed by atoms with Crippen LogP contribution < -0.4 is 5.32 Å². The van der Waals surface area contributed by atoms with Gasteiger partial charge in [-0.15, -0.1) is 11.3 Å². The molecular formula is C17H19F3N4O3S2. The van der Waals surface area contributed by atoms with Crippen LogP contribution in [0.1, 0.15) is 16.8 Å². The number of aryl methyl sites for hydroxylation is 2. The summed E-state index contributed by atoms with van der Waals surface area (Å²) in [6.07, 6.45) is -4.58. The van der Waals surface area contributed by atoms with Crippen LogP contribution in [0.4, 0.5) is 23.1 Å². The summed E-state index contributed by atoms with van der Waals surface area (Å²) in [6, 6.07) is 4.48. The SMILES string of the molecule is Cc1ccc(S(=O)(=O)N2CCN(C(=O)Nc3nc(C(F)(F)F)cs3)CC2)c(C)c1. The quantitative estimate of drug-likeness (QED) is 0.781. The second-order valence-electron chi connectivity index (χ2n) is 6.63. The number of piperazine rings is 1. The Balaban J connectivity index is 1.62. The van der Waals surface area contributed by atoms with Crippen LogP contribution in [0, 0.1) is 13.8 Å². The number of nitrogens with one attached hydrogen (secondary N) is 1. The summed E-state index contributed by atoms with van der Waals surface area (Å²) in [5.41, 5.74) is 0.537. The Morgan fingerprint density at radius 1 is 1.17 bits per heavy atom. The standard InChI is InChI=1S/C17H19F3N4O3S2/c1-11-3-4-13(12(2)9-11)29(26,27)24-7-5-23(6-8-24)16(25)22-15-21-14(10-28-15)17(18,19)20/h3-4,9-10H,5-8H2,1-2H3,(H,21,22,25). The maximum atomic E-state index is 12.9. The molecule has 0 bridgehead atoms. The molecule has 2 amide bonds. The smallest absolute Gasteiger partial charge is 0.322 e. The van der Waals surface area contributed by atoms with Crippen molar-refractivity contribution < 1.29 is 26.4 Å². The van der Waals surface area contributed by atoms with Crippen LogP contribution in [-0.2, 0) is 16.2 Å². The molecule has 3 rings (SSSR count). The second-order valence-corrected chi connectivity index (χ2v) is 9.39. The summed E-state index contributed by atoms with van der Waals surface area (Å²) >= 11 is 0.678. The summed E-state index contributed by atoms with van der Waals surface area (Å²) in [5.74, 6) is 0. The zero-order chi connectivity index (χ0) is 21.4. The summed E-state index contributed by atoms with van der Waals surface area (Å²) in [7, 11) is -3.69. The fraction of sp³-hybridized carbons (Fsp3) is 0.412. The van der Waals surface area contributed by atoms with Crippen LogP contribution in [0.3, 0.4) is 0 Å². The number of rotatable bonds is 3. The first-order valence-corrected chi connectivity index (χ1v) is 11.0. The molecular weight excluding hydrogens is 429 g/mol. The van der Waals surface area contributed by atoms with Gasteiger partial charge >= 0.3 is 12.2 Å². The molecule has 0 unspecified atom stereocenters. The van der Waals surface area contributed by atoms with Gasteiger partial charge in [0.05, 0.1) is 4.90 Å². The number of aromatic nitrogens is 1. The minimum atomic E-state index is -4.58. The van der Waals surface area contributed by atoms with Gasteiger partial charge in [0.2, 0.25) is 10.0 Å². The third kappa shape index (κ3) is 4.70. The number of hydrogen-bond donors (Lipinski definition) is 1. The van der Waals surface area contributed by atoms with Gasteiger partial charge in [-0.05, 0) is 25.5 Å². The van der Waals surface area contributed by atoms with Crippen molar-refractivity contribution in [2.75, 3.05) is 31.5 Å². The number of carbonyl (C=O) groups excluding carboxylic acids is 1. The van der Waals surface area contributed by atoms with Crippen LogP contribution in [0.25, 0.3) is 0 Å². The predicted octanol–water partition coefficient (Wildman–Crippen LogP) is 3.32. The fourth-order valence-corrected chi connectivity index (χ4v) is 5.33. The van der Waals surface area contributed by atoms with Gasteiger partial charge in [-0.2, -0.15) is 17.5 Å². The van der Waals surface area contributed by atoms with Crippen molar-refractivity contribution in [3.8, 4) is 0 Å². The molecule has 0 spiro atoms. The molecule has 1 aromatic carbocycles. The number of hydrogen-bond acceptors (Lipinski definition) is 5. The Morgan fingerprint density at radius 2 is 1.83 bits per heavy atom. The van der Waals surface area contributed by atoms with E-state index in [0.29, 0.717) is 16.9 Å². The van der Waals surface area contributed by atoms with Crippen LogP contribution >= 0.6 is 11.3 Å². The van der Waals surface area contributed by atoms with Gasteiger partial charge in [0.1, 0.15) is 0 Å². The lowest BCUT2D eigenvalue weighted by atomic mass is 10.2. The van der Waals surface area contributed by atoms with Crippen LogP contribution in [0.15, 0.2) is 28.5 Å². The molecule has 1 saturated heterocycles. The molecule has 1 aliphatic heterocycles. The van der Waals surface area contributed by atoms with E-state index in [1.807, 2.05) is 6.92 Å². The first-order valence-electron chi connectivity index (χ1n) is 8.64. The molecule has 1 aromatic heterocycles. The highest BCUT2D eigenvalue weighted by Gasteiger charge is 2.35. The van der Waals surface area contributed by atoms with E-state index in [1.54, 1.807) is 25.1 Å². The van der Waals surface area contributed by atoms with E-state index < -0.39 is 27.9 Å². The molecule has 0 saturated carbocycles. The maximum Gasteiger partial charge on any atom is 0.434 e. The van der Waals surface area contributed by atoms with Crippen molar-refractivity contribution >= 4 is 32.5 Å². The average molecular weight is 448 g/mol. The highest BCUT2D eigenvalue weighted by atomic mass is 32.2. The minimum absolute atomic E-state index is 0.0920. The van der Waals surface area contributed by atoms with Gasteiger partial charge in [0, 0.05) is 31.6 Å². The van der Waals surface area contributed by atoms with Gasteiger partial charge in [-0.25, -0.2) is 18.2 Å². The maximum absolute atomic E-state index is 12.9. The Hall–Kier alpha value is -2.18. The number of alkyl halides is 3. The van der Waals surface area contributed by atoms with Crippen molar-refractivity contribution in [2.24, 2.45) is 0 Å². The van der Waals surface area contributed by atoms with E-state index >= 15 is 0 Å². The van der Waals surface area contributed by atoms with Crippen molar-refractivity contribution in [2.45, 2.75) is 24.9 Å². The van der Waals surface area contributed by atoms with E-state index in [-0.39, 0.29) is 36.2 Å². The Kier molecular flexibility index (Phi) is 5.88. The monoisotopic (exact) mass is 448 g/mol. The molecule has 7 nitrogen and oxygen atoms in total. The topological polar surface area (TPSA) is 82.6 Å². The third-order valence-electron chi connectivity index (χ3n) is 4.48. The number of nitrogens with zero attached hydrogens (tertiary/aromatic N) is 3. The molecule has 0 radical (unpaired) electrons. The number of carbonyl (C=O) groups is 1. The molecule has 12 heteroatoms. The van der Waals surface area contributed by atoms with Crippen molar-refractivity contribution in [3.63, 3.8) is 0 Å². The highest BCUT2D eigenvalue weighted by Crippen LogP contribution is 2.31. The van der Waals surface area contributed by atoms with Crippen LogP contribution in [0.5, 0.6) is 0 Å². The number of thiazole rings is 1. The Morgan fingerprint density at radius 3 is 2.38 bits per heavy atom. The van der Waals surface area contributed by atoms with Gasteiger partial charge in [-0.1, -0.05) is 17.7 Å². The predicted molar refractivity (Wildman–Crippen MR) is 102 cm³/mol. The lowest BCUT2D eigenvalue weighted by Crippen LogP contribution is -2.51. The Labute approximate surface area is 170 Å². The van der Waals surface area contributed by atoms with Gasteiger partial charge in [0.15, 0.2) is 10.8 Å². The fourth-order valence-electron chi connectivity index (χ4n) is 2.99. The zero-order valence-electron chi connectivity index (χ0n) is 15.7. The molecule has 1 N–H and O–H groups in total. The number of halogens is 3. The van der Waals surface area contributed by atoms with Crippen LogP contribution in [0.2, 0.25) is 0 Å². The van der Waals surface area contributed by atoms with Gasteiger partial charge in [0.25, 0.3) is 0 Å². The first kappa shape index (κ1) is 21.5. The lowest BCUT2D eigenvalue weighted by Gasteiger charge is -2.34. The normalized spacial score (nSPS) is 16.1. The largest absolute Gasteiger partial charge is 0.434 e. The summed E-state index contributed by atoms with van der Waals surface area (Å²) < 4.78 is 64.8. The zero-order valence-corrected chi connectivity index (χ0v) is 17.3. The number of urea groups is 1. The van der Waals surface area contributed by atoms with E-state index in [9.17, 15) is 26.4 Å². The van der Waals surface area contributed by atoms with Crippen molar-refractivity contribution in [3.05, 3.63) is 40.4 Å². The summed E-state index contributed by atoms with van der Waals surface area (Å²) in [5, 5.41) is 3.00. The molecule has 1 aliphatic rings. The number of amides is 2. The van der Waals surface area contributed by atoms with E-state index in [0.717, 1.165) is 10.9 Å². The van der Waals surface area contributed by atoms with E-state index in [4.69, 9.17) is 0 Å². The summed E-state index contributed by atoms with van der Waals surface area (Å²) in [6.45, 7) is 4.03. The average Bonchev–Trinajstić information content (AvgIpc) is 3.10. The van der Waals surface area contributed by atoms with Gasteiger partial charge in [-0.3, -0.25) is 5.32 Å². The number of benzene rings is 1. The highest BCUT2D eigenvalue weighted by molar-refractivity contribution is 7.89. The first-order chi connectivity index (χ1) is 13.5. The third-order valence-corrected chi connectivity index (χ3v) is 7.30. The second kappa shape index (κ2) is 7.92. The molecule has 2 heterocycles. The van der Waals surface area contributed by atoms with E-state index in [2.05, 4.69) is 10.3 Å². The lowest BCUT2D eigenvalue weighted by molar-refractivity contribution is -0.140. The van der Waals surface area contributed by atoms with Crippen LogP contribution in [-0.4, -0.2) is 54.8 Å². The molecule has 0 aliphatic carbocycles. The Bertz CT molecular complexity index is 1010. The molecule has 158 valence electrons. The molecule has 0 atom stereocenters. The van der Waals surface area contributed by atoms with Gasteiger partial charge < -0.3 is 4.90 Å². The summed E-state index contributed by atoms with van der Waals surface area (Å²) in [4.78, 5) is 17.2. The van der Waals surface area contributed by atoms with Crippen molar-refractivity contribution in [1.29, 1.82) is 0 Å². The minimum Gasteiger partial charge on any atom is -0.322 e. The van der Waals surface area contributed by atoms with Crippen molar-refractivity contribution in [1.82, 2.24) is 14.2 Å². The number of sulfonamides is 1. The number of anilines is 1.